The number of alkyl carbamates (subject to hydrolysis) is 1. The van der Waals surface area contributed by atoms with Crippen LogP contribution in [0.3, 0.4) is 0 Å². The average Bonchev–Trinajstić information content (AvgIpc) is 3.21. The van der Waals surface area contributed by atoms with Crippen LogP contribution in [0.25, 0.3) is 0 Å². The summed E-state index contributed by atoms with van der Waals surface area (Å²) in [6, 6.07) is 4.11. The third-order valence-corrected chi connectivity index (χ3v) is 5.89. The molecule has 5 N–H and O–H groups in total. The first-order valence-corrected chi connectivity index (χ1v) is 12.4. The molecule has 1 aromatic rings. The van der Waals surface area contributed by atoms with Gasteiger partial charge in [0, 0.05) is 31.2 Å². The lowest BCUT2D eigenvalue weighted by molar-refractivity contribution is -0.133. The summed E-state index contributed by atoms with van der Waals surface area (Å²) in [5.74, 6) is -0.725. The summed E-state index contributed by atoms with van der Waals surface area (Å²) in [5.41, 5.74) is 5.38. The number of ether oxygens (including phenoxy) is 1. The molecule has 200 valence electrons. The lowest BCUT2D eigenvalue weighted by Gasteiger charge is -2.27. The Kier molecular flexibility index (Phi) is 11.1. The number of nitrogens with two attached hydrogens (primary N) is 1. The third kappa shape index (κ3) is 9.80. The molecule has 0 radical (unpaired) electrons. The van der Waals surface area contributed by atoms with Crippen LogP contribution < -0.4 is 21.7 Å². The predicted octanol–water partition coefficient (Wildman–Crippen LogP) is 1.39. The quantitative estimate of drug-likeness (QED) is 0.234. The average molecular weight is 505 g/mol. The third-order valence-electron chi connectivity index (χ3n) is 5.89. The number of amides is 4. The van der Waals surface area contributed by atoms with Crippen molar-refractivity contribution in [2.75, 3.05) is 13.1 Å². The summed E-state index contributed by atoms with van der Waals surface area (Å²) >= 11 is 0. The molecule has 1 saturated heterocycles. The monoisotopic (exact) mass is 504 g/mol. The van der Waals surface area contributed by atoms with E-state index in [0.717, 1.165) is 6.41 Å². The van der Waals surface area contributed by atoms with E-state index in [1.165, 1.54) is 0 Å². The minimum absolute atomic E-state index is 0.0706. The molecule has 11 heteroatoms. The van der Waals surface area contributed by atoms with Crippen LogP contribution in [0.2, 0.25) is 0 Å². The van der Waals surface area contributed by atoms with Crippen molar-refractivity contribution in [2.45, 2.75) is 89.6 Å². The van der Waals surface area contributed by atoms with Crippen LogP contribution >= 0.6 is 0 Å². The molecule has 4 atom stereocenters. The van der Waals surface area contributed by atoms with Crippen molar-refractivity contribution in [1.29, 1.82) is 0 Å². The van der Waals surface area contributed by atoms with E-state index in [4.69, 9.17) is 10.5 Å². The van der Waals surface area contributed by atoms with Crippen LogP contribution in [-0.2, 0) is 19.1 Å². The summed E-state index contributed by atoms with van der Waals surface area (Å²) in [6.45, 7) is 8.47. The first-order chi connectivity index (χ1) is 17.0. The van der Waals surface area contributed by atoms with Crippen molar-refractivity contribution >= 4 is 24.3 Å². The van der Waals surface area contributed by atoms with Crippen molar-refractivity contribution in [3.63, 3.8) is 0 Å². The zero-order chi connectivity index (χ0) is 26.7. The second-order valence-corrected chi connectivity index (χ2v) is 10.2. The molecule has 36 heavy (non-hydrogen) atoms. The zero-order valence-electron chi connectivity index (χ0n) is 21.7. The van der Waals surface area contributed by atoms with Gasteiger partial charge in [0.1, 0.15) is 11.6 Å². The number of hydrogen-bond donors (Lipinski definition) is 4. The molecule has 1 aliphatic heterocycles. The van der Waals surface area contributed by atoms with Crippen LogP contribution in [0.15, 0.2) is 24.4 Å². The normalized spacial score (nSPS) is 19.3. The summed E-state index contributed by atoms with van der Waals surface area (Å²) in [6.07, 6.45) is 4.26. The van der Waals surface area contributed by atoms with Gasteiger partial charge in [-0.2, -0.15) is 0 Å². The van der Waals surface area contributed by atoms with E-state index in [9.17, 15) is 19.2 Å². The Balaban J connectivity index is 1.84. The number of nitrogens with zero attached hydrogens (tertiary/aromatic N) is 2. The molecular weight excluding hydrogens is 464 g/mol. The van der Waals surface area contributed by atoms with E-state index in [1.54, 1.807) is 23.2 Å². The number of likely N-dealkylation sites (tertiary alicyclic amines) is 1. The van der Waals surface area contributed by atoms with Gasteiger partial charge in [0.25, 0.3) is 0 Å². The van der Waals surface area contributed by atoms with Gasteiger partial charge in [0.2, 0.25) is 18.2 Å². The van der Waals surface area contributed by atoms with Gasteiger partial charge in [-0.25, -0.2) is 4.79 Å². The Morgan fingerprint density at radius 1 is 1.25 bits per heavy atom. The van der Waals surface area contributed by atoms with Crippen molar-refractivity contribution in [3.05, 3.63) is 30.1 Å². The SMILES string of the molecule is CC(CNCC[C@H]1CCC(C(=O)NC(CCC(N)=O)c2ccccn2)N1C=O)NC(=O)OC(C)(C)C. The van der Waals surface area contributed by atoms with Gasteiger partial charge in [0.15, 0.2) is 0 Å². The fourth-order valence-electron chi connectivity index (χ4n) is 4.20. The molecule has 3 unspecified atom stereocenters. The second-order valence-electron chi connectivity index (χ2n) is 10.2. The Morgan fingerprint density at radius 2 is 2.00 bits per heavy atom. The van der Waals surface area contributed by atoms with E-state index in [1.807, 2.05) is 33.8 Å². The molecule has 1 aliphatic rings. The van der Waals surface area contributed by atoms with Crippen molar-refractivity contribution in [2.24, 2.45) is 5.73 Å². The molecule has 1 fully saturated rings. The van der Waals surface area contributed by atoms with Gasteiger partial charge in [-0.05, 0) is 72.1 Å². The van der Waals surface area contributed by atoms with Gasteiger partial charge in [-0.3, -0.25) is 19.4 Å². The minimum atomic E-state index is -0.583. The maximum absolute atomic E-state index is 13.1. The number of rotatable bonds is 13. The Hall–Kier alpha value is -3.21. The second kappa shape index (κ2) is 13.8. The highest BCUT2D eigenvalue weighted by Gasteiger charge is 2.37. The van der Waals surface area contributed by atoms with Gasteiger partial charge >= 0.3 is 6.09 Å². The van der Waals surface area contributed by atoms with Crippen LogP contribution in [0.1, 0.15) is 71.5 Å². The van der Waals surface area contributed by atoms with Gasteiger partial charge < -0.3 is 31.3 Å². The highest BCUT2D eigenvalue weighted by Crippen LogP contribution is 2.26. The molecule has 2 rings (SSSR count). The summed E-state index contributed by atoms with van der Waals surface area (Å²) in [4.78, 5) is 54.0. The van der Waals surface area contributed by atoms with E-state index < -0.39 is 29.7 Å². The molecule has 0 aliphatic carbocycles. The highest BCUT2D eigenvalue weighted by atomic mass is 16.6. The van der Waals surface area contributed by atoms with Crippen molar-refractivity contribution in [3.8, 4) is 0 Å². The number of carbonyl (C=O) groups is 4. The number of pyridine rings is 1. The number of aromatic nitrogens is 1. The van der Waals surface area contributed by atoms with E-state index in [0.29, 0.717) is 44.5 Å². The van der Waals surface area contributed by atoms with Gasteiger partial charge in [-0.15, -0.1) is 0 Å². The lowest BCUT2D eigenvalue weighted by Crippen LogP contribution is -2.47. The molecule has 11 nitrogen and oxygen atoms in total. The standard InChI is InChI=1S/C25H40N6O5/c1-17(29-24(35)36-25(2,3)4)15-27-14-12-18-8-10-21(31(18)16-32)23(34)30-20(9-11-22(26)33)19-7-5-6-13-28-19/h5-7,13,16-18,20-21,27H,8-12,14-15H2,1-4H3,(H2,26,33)(H,29,35)(H,30,34)/t17?,18-,20?,21?/m1/s1. The molecule has 0 saturated carbocycles. The Morgan fingerprint density at radius 3 is 2.61 bits per heavy atom. The fourth-order valence-corrected chi connectivity index (χ4v) is 4.20. The van der Waals surface area contributed by atoms with E-state index in [-0.39, 0.29) is 24.4 Å². The molecule has 2 heterocycles. The van der Waals surface area contributed by atoms with E-state index in [2.05, 4.69) is 20.9 Å². The van der Waals surface area contributed by atoms with Crippen LogP contribution in [0, 0.1) is 0 Å². The molecule has 0 aromatic carbocycles. The van der Waals surface area contributed by atoms with E-state index >= 15 is 0 Å². The maximum atomic E-state index is 13.1. The molecule has 4 amide bonds. The molecule has 0 spiro atoms. The largest absolute Gasteiger partial charge is 0.444 e. The minimum Gasteiger partial charge on any atom is -0.444 e. The Labute approximate surface area is 212 Å². The van der Waals surface area contributed by atoms with Gasteiger partial charge in [0.05, 0.1) is 11.7 Å². The zero-order valence-corrected chi connectivity index (χ0v) is 21.7. The number of carbonyl (C=O) groups excluding carboxylic acids is 4. The first kappa shape index (κ1) is 29.0. The number of nitrogens with one attached hydrogen (secondary N) is 3. The smallest absolute Gasteiger partial charge is 0.407 e. The number of hydrogen-bond acceptors (Lipinski definition) is 7. The number of primary amides is 1. The van der Waals surface area contributed by atoms with Crippen LogP contribution in [-0.4, -0.2) is 71.0 Å². The highest BCUT2D eigenvalue weighted by molar-refractivity contribution is 5.84. The summed E-state index contributed by atoms with van der Waals surface area (Å²) in [7, 11) is 0. The Bertz CT molecular complexity index is 875. The van der Waals surface area contributed by atoms with Gasteiger partial charge in [-0.1, -0.05) is 6.07 Å². The first-order valence-electron chi connectivity index (χ1n) is 12.4. The fraction of sp³-hybridized carbons (Fsp3) is 0.640. The molecule has 1 aromatic heterocycles. The maximum Gasteiger partial charge on any atom is 0.407 e. The molecule has 0 bridgehead atoms. The predicted molar refractivity (Wildman–Crippen MR) is 135 cm³/mol. The van der Waals surface area contributed by atoms with Crippen LogP contribution in [0.4, 0.5) is 4.79 Å². The molecular formula is C25H40N6O5. The summed E-state index contributed by atoms with van der Waals surface area (Å²) < 4.78 is 5.25. The van der Waals surface area contributed by atoms with Crippen LogP contribution in [0.5, 0.6) is 0 Å². The summed E-state index contributed by atoms with van der Waals surface area (Å²) in [5, 5.41) is 9.02. The lowest BCUT2D eigenvalue weighted by atomic mass is 10.1. The van der Waals surface area contributed by atoms with Crippen molar-refractivity contribution in [1.82, 2.24) is 25.8 Å². The topological polar surface area (TPSA) is 156 Å². The van der Waals surface area contributed by atoms with Crippen molar-refractivity contribution < 1.29 is 23.9 Å².